The molecule has 2 nitrogen and oxygen atoms in total. The maximum atomic E-state index is 14.3. The molecule has 0 bridgehead atoms. The molecule has 3 unspecified atom stereocenters. The lowest BCUT2D eigenvalue weighted by Gasteiger charge is -2.18. The smallest absolute Gasteiger partial charge is 0.160 e. The van der Waals surface area contributed by atoms with Crippen LogP contribution in [0.5, 0.6) is 5.75 Å². The van der Waals surface area contributed by atoms with Gasteiger partial charge in [-0.05, 0) is 38.0 Å². The van der Waals surface area contributed by atoms with Crippen LogP contribution < -0.4 is 4.74 Å². The average Bonchev–Trinajstić information content (AvgIpc) is 2.81. The molecule has 3 heteroatoms. The molecule has 19 heavy (non-hydrogen) atoms. The standard InChI is InChI=1S/C16H21FO2/c1-16(17,11-10-13-6-5-9-15(13)18)12-19-14-7-3-2-4-8-14/h2-4,7-8,10-11,13,15,18H,5-6,9,12H2,1H3/b11-10+. The van der Waals surface area contributed by atoms with Crippen LogP contribution in [0, 0.1) is 5.92 Å². The number of aliphatic hydroxyl groups is 1. The van der Waals surface area contributed by atoms with E-state index >= 15 is 0 Å². The van der Waals surface area contributed by atoms with Crippen LogP contribution in [0.15, 0.2) is 42.5 Å². The van der Waals surface area contributed by atoms with Gasteiger partial charge >= 0.3 is 0 Å². The Morgan fingerprint density at radius 1 is 1.37 bits per heavy atom. The molecule has 1 N–H and O–H groups in total. The fourth-order valence-electron chi connectivity index (χ4n) is 2.31. The zero-order valence-corrected chi connectivity index (χ0v) is 11.3. The van der Waals surface area contributed by atoms with Crippen LogP contribution in [0.1, 0.15) is 26.2 Å². The summed E-state index contributed by atoms with van der Waals surface area (Å²) in [5.74, 6) is 0.757. The Morgan fingerprint density at radius 2 is 2.11 bits per heavy atom. The van der Waals surface area contributed by atoms with Crippen LogP contribution in [0.3, 0.4) is 0 Å². The summed E-state index contributed by atoms with van der Waals surface area (Å²) in [5.41, 5.74) is -1.52. The van der Waals surface area contributed by atoms with Crippen molar-refractivity contribution in [1.29, 1.82) is 0 Å². The minimum absolute atomic E-state index is 0.0175. The Bertz CT molecular complexity index is 414. The molecule has 1 aliphatic rings. The topological polar surface area (TPSA) is 29.5 Å². The molecule has 104 valence electrons. The van der Waals surface area contributed by atoms with Gasteiger partial charge in [0.05, 0.1) is 6.10 Å². The SMILES string of the molecule is CC(F)(/C=C/C1CCCC1O)COc1ccccc1. The average molecular weight is 264 g/mol. The van der Waals surface area contributed by atoms with Crippen LogP contribution in [0.4, 0.5) is 4.39 Å². The van der Waals surface area contributed by atoms with Crippen molar-refractivity contribution in [2.24, 2.45) is 5.92 Å². The van der Waals surface area contributed by atoms with Crippen molar-refractivity contribution in [2.75, 3.05) is 6.61 Å². The first-order chi connectivity index (χ1) is 9.07. The van der Waals surface area contributed by atoms with Gasteiger partial charge in [0.2, 0.25) is 0 Å². The molecule has 0 radical (unpaired) electrons. The second kappa shape index (κ2) is 6.20. The predicted octanol–water partition coefficient (Wildman–Crippen LogP) is 3.51. The van der Waals surface area contributed by atoms with Crippen LogP contribution in [0.25, 0.3) is 0 Å². The summed E-state index contributed by atoms with van der Waals surface area (Å²) in [5, 5.41) is 9.69. The molecule has 1 fully saturated rings. The second-order valence-electron chi connectivity index (χ2n) is 5.40. The summed E-state index contributed by atoms with van der Waals surface area (Å²) in [6, 6.07) is 9.22. The van der Waals surface area contributed by atoms with Gasteiger partial charge in [-0.15, -0.1) is 0 Å². The highest BCUT2D eigenvalue weighted by molar-refractivity contribution is 5.21. The van der Waals surface area contributed by atoms with Crippen molar-refractivity contribution >= 4 is 0 Å². The van der Waals surface area contributed by atoms with E-state index in [0.717, 1.165) is 19.3 Å². The lowest BCUT2D eigenvalue weighted by molar-refractivity contribution is 0.140. The highest BCUT2D eigenvalue weighted by atomic mass is 19.1. The zero-order chi connectivity index (χ0) is 13.7. The van der Waals surface area contributed by atoms with E-state index in [1.54, 1.807) is 18.2 Å². The number of aliphatic hydroxyl groups excluding tert-OH is 1. The van der Waals surface area contributed by atoms with Crippen molar-refractivity contribution < 1.29 is 14.2 Å². The number of hydrogen-bond donors (Lipinski definition) is 1. The Balaban J connectivity index is 1.86. The fourth-order valence-corrected chi connectivity index (χ4v) is 2.31. The number of rotatable bonds is 5. The maximum absolute atomic E-state index is 14.3. The largest absolute Gasteiger partial charge is 0.490 e. The number of alkyl halides is 1. The molecule has 0 aromatic heterocycles. The van der Waals surface area contributed by atoms with Gasteiger partial charge in [0.1, 0.15) is 12.4 Å². The number of ether oxygens (including phenoxy) is 1. The highest BCUT2D eigenvalue weighted by Crippen LogP contribution is 2.28. The first-order valence-electron chi connectivity index (χ1n) is 6.81. The van der Waals surface area contributed by atoms with E-state index < -0.39 is 5.67 Å². The first-order valence-corrected chi connectivity index (χ1v) is 6.81. The number of halogens is 1. The summed E-state index contributed by atoms with van der Waals surface area (Å²) in [6.07, 6.45) is 5.77. The van der Waals surface area contributed by atoms with Crippen molar-refractivity contribution in [3.05, 3.63) is 42.5 Å². The van der Waals surface area contributed by atoms with E-state index in [9.17, 15) is 9.50 Å². The van der Waals surface area contributed by atoms with E-state index in [1.807, 2.05) is 18.2 Å². The maximum Gasteiger partial charge on any atom is 0.160 e. The number of hydrogen-bond acceptors (Lipinski definition) is 2. The van der Waals surface area contributed by atoms with E-state index in [1.165, 1.54) is 13.0 Å². The summed E-state index contributed by atoms with van der Waals surface area (Å²) in [6.45, 7) is 1.48. The van der Waals surface area contributed by atoms with Gasteiger partial charge in [-0.1, -0.05) is 30.7 Å². The van der Waals surface area contributed by atoms with Gasteiger partial charge in [0, 0.05) is 5.92 Å². The minimum Gasteiger partial charge on any atom is -0.490 e. The molecule has 0 aliphatic heterocycles. The molecule has 0 spiro atoms. The third-order valence-electron chi connectivity index (χ3n) is 3.49. The molecule has 1 aromatic rings. The van der Waals surface area contributed by atoms with Gasteiger partial charge in [0.25, 0.3) is 0 Å². The summed E-state index contributed by atoms with van der Waals surface area (Å²) in [7, 11) is 0. The minimum atomic E-state index is -1.52. The second-order valence-corrected chi connectivity index (χ2v) is 5.40. The highest BCUT2D eigenvalue weighted by Gasteiger charge is 2.25. The lowest BCUT2D eigenvalue weighted by atomic mass is 10.0. The third kappa shape index (κ3) is 4.35. The third-order valence-corrected chi connectivity index (χ3v) is 3.49. The van der Waals surface area contributed by atoms with Crippen LogP contribution in [-0.4, -0.2) is 23.5 Å². The van der Waals surface area contributed by atoms with Crippen LogP contribution in [-0.2, 0) is 0 Å². The molecule has 1 saturated carbocycles. The van der Waals surface area contributed by atoms with Gasteiger partial charge in [-0.3, -0.25) is 0 Å². The number of benzene rings is 1. The molecule has 1 aromatic carbocycles. The van der Waals surface area contributed by atoms with E-state index in [0.29, 0.717) is 5.75 Å². The van der Waals surface area contributed by atoms with Crippen molar-refractivity contribution in [2.45, 2.75) is 38.0 Å². The predicted molar refractivity (Wildman–Crippen MR) is 73.9 cm³/mol. The quantitative estimate of drug-likeness (QED) is 0.825. The first kappa shape index (κ1) is 14.1. The van der Waals surface area contributed by atoms with Crippen LogP contribution in [0.2, 0.25) is 0 Å². The van der Waals surface area contributed by atoms with E-state index in [2.05, 4.69) is 0 Å². The van der Waals surface area contributed by atoms with E-state index in [4.69, 9.17) is 4.74 Å². The van der Waals surface area contributed by atoms with Gasteiger partial charge < -0.3 is 9.84 Å². The van der Waals surface area contributed by atoms with Crippen molar-refractivity contribution in [3.8, 4) is 5.75 Å². The number of para-hydroxylation sites is 1. The Labute approximate surface area is 113 Å². The van der Waals surface area contributed by atoms with Gasteiger partial charge in [0.15, 0.2) is 5.67 Å². The summed E-state index contributed by atoms with van der Waals surface area (Å²) >= 11 is 0. The fraction of sp³-hybridized carbons (Fsp3) is 0.500. The summed E-state index contributed by atoms with van der Waals surface area (Å²) in [4.78, 5) is 0. The summed E-state index contributed by atoms with van der Waals surface area (Å²) < 4.78 is 19.7. The van der Waals surface area contributed by atoms with E-state index in [-0.39, 0.29) is 18.6 Å². The molecule has 0 heterocycles. The molecule has 0 amide bonds. The molecule has 1 aliphatic carbocycles. The normalized spacial score (nSPS) is 26.5. The van der Waals surface area contributed by atoms with Crippen molar-refractivity contribution in [3.63, 3.8) is 0 Å². The van der Waals surface area contributed by atoms with Gasteiger partial charge in [-0.2, -0.15) is 0 Å². The molecule has 0 saturated heterocycles. The molecular weight excluding hydrogens is 243 g/mol. The van der Waals surface area contributed by atoms with Gasteiger partial charge in [-0.25, -0.2) is 4.39 Å². The molecule has 2 rings (SSSR count). The lowest BCUT2D eigenvalue weighted by Crippen LogP contribution is -2.25. The Kier molecular flexibility index (Phi) is 4.59. The molecular formula is C16H21FO2. The van der Waals surface area contributed by atoms with Crippen LogP contribution >= 0.6 is 0 Å². The monoisotopic (exact) mass is 264 g/mol. The Hall–Kier alpha value is -1.35. The zero-order valence-electron chi connectivity index (χ0n) is 11.3. The Morgan fingerprint density at radius 3 is 2.74 bits per heavy atom. The van der Waals surface area contributed by atoms with Crippen molar-refractivity contribution in [1.82, 2.24) is 0 Å². The molecule has 3 atom stereocenters.